The van der Waals surface area contributed by atoms with E-state index in [1.807, 2.05) is 6.08 Å². The Kier molecular flexibility index (Phi) is 2.91. The van der Waals surface area contributed by atoms with Gasteiger partial charge in [-0.05, 0) is 30.6 Å². The number of ether oxygens (including phenoxy) is 1. The lowest BCUT2D eigenvalue weighted by molar-refractivity contribution is -0.136. The first-order chi connectivity index (χ1) is 7.17. The molecule has 0 N–H and O–H groups in total. The summed E-state index contributed by atoms with van der Waals surface area (Å²) in [6, 6.07) is 0. The van der Waals surface area contributed by atoms with Crippen LogP contribution in [0.15, 0.2) is 24.3 Å². The van der Waals surface area contributed by atoms with E-state index in [9.17, 15) is 4.79 Å². The van der Waals surface area contributed by atoms with Crippen LogP contribution in [-0.4, -0.2) is 18.3 Å². The van der Waals surface area contributed by atoms with Gasteiger partial charge in [-0.3, -0.25) is 0 Å². The summed E-state index contributed by atoms with van der Waals surface area (Å²) in [7, 11) is 1.43. The van der Waals surface area contributed by atoms with Gasteiger partial charge in [0.2, 0.25) is 0 Å². The zero-order chi connectivity index (χ0) is 11.0. The van der Waals surface area contributed by atoms with E-state index in [-0.39, 0.29) is 5.97 Å². The van der Waals surface area contributed by atoms with E-state index in [0.717, 1.165) is 18.4 Å². The minimum absolute atomic E-state index is 0.187. The van der Waals surface area contributed by atoms with Crippen LogP contribution in [0.1, 0.15) is 12.8 Å². The fraction of sp³-hybridized carbons (Fsp3) is 0.583. The van der Waals surface area contributed by atoms with Crippen LogP contribution in [0.25, 0.3) is 0 Å². The van der Waals surface area contributed by atoms with Gasteiger partial charge in [0.25, 0.3) is 0 Å². The number of hydrogen-bond donors (Lipinski definition) is 1. The van der Waals surface area contributed by atoms with Gasteiger partial charge < -0.3 is 4.74 Å². The second kappa shape index (κ2) is 4.05. The Balaban J connectivity index is 2.16. The topological polar surface area (TPSA) is 26.3 Å². The molecule has 15 heavy (non-hydrogen) atoms. The average molecular weight is 224 g/mol. The molecule has 0 amide bonds. The first-order valence-corrected chi connectivity index (χ1v) is 5.78. The van der Waals surface area contributed by atoms with Crippen LogP contribution in [0.4, 0.5) is 0 Å². The van der Waals surface area contributed by atoms with E-state index in [4.69, 9.17) is 4.74 Å². The summed E-state index contributed by atoms with van der Waals surface area (Å²) in [6.45, 7) is 3.85. The van der Waals surface area contributed by atoms with Crippen molar-refractivity contribution in [3.63, 3.8) is 0 Å². The molecule has 4 atom stereocenters. The van der Waals surface area contributed by atoms with Crippen molar-refractivity contribution in [3.8, 4) is 0 Å². The van der Waals surface area contributed by atoms with Gasteiger partial charge in [0.05, 0.1) is 7.11 Å². The Bertz CT molecular complexity index is 322. The largest absolute Gasteiger partial charge is 0.466 e. The van der Waals surface area contributed by atoms with Gasteiger partial charge >= 0.3 is 5.97 Å². The molecule has 2 aliphatic carbocycles. The average Bonchev–Trinajstić information content (AvgIpc) is 2.78. The summed E-state index contributed by atoms with van der Waals surface area (Å²) >= 11 is 4.57. The number of methoxy groups -OCH3 is 1. The van der Waals surface area contributed by atoms with Crippen LogP contribution in [-0.2, 0) is 9.53 Å². The number of thiol groups is 1. The van der Waals surface area contributed by atoms with E-state index < -0.39 is 0 Å². The molecule has 1 fully saturated rings. The number of hydrogen-bond acceptors (Lipinski definition) is 3. The molecule has 2 rings (SSSR count). The second-order valence-electron chi connectivity index (χ2n) is 4.33. The predicted molar refractivity (Wildman–Crippen MR) is 62.8 cm³/mol. The van der Waals surface area contributed by atoms with E-state index in [1.165, 1.54) is 7.11 Å². The quantitative estimate of drug-likeness (QED) is 0.442. The summed E-state index contributed by atoms with van der Waals surface area (Å²) in [5.41, 5.74) is 0.818. The fourth-order valence-electron chi connectivity index (χ4n) is 2.81. The molecule has 1 saturated carbocycles. The number of allylic oxidation sites excluding steroid dienone is 2. The van der Waals surface area contributed by atoms with Crippen LogP contribution in [0.5, 0.6) is 0 Å². The maximum absolute atomic E-state index is 11.4. The SMILES string of the molecule is C=CC1CC(S)C2C=C(C(=O)OC)CC12. The smallest absolute Gasteiger partial charge is 0.333 e. The maximum Gasteiger partial charge on any atom is 0.333 e. The highest BCUT2D eigenvalue weighted by Gasteiger charge is 2.44. The minimum atomic E-state index is -0.187. The lowest BCUT2D eigenvalue weighted by atomic mass is 9.90. The Morgan fingerprint density at radius 3 is 3.07 bits per heavy atom. The van der Waals surface area contributed by atoms with Crippen LogP contribution in [0, 0.1) is 17.8 Å². The molecule has 0 aromatic carbocycles. The molecular weight excluding hydrogens is 208 g/mol. The van der Waals surface area contributed by atoms with Crippen LogP contribution >= 0.6 is 12.6 Å². The zero-order valence-corrected chi connectivity index (χ0v) is 9.74. The number of fused-ring (bicyclic) bond motifs is 1. The van der Waals surface area contributed by atoms with Crippen molar-refractivity contribution in [2.24, 2.45) is 17.8 Å². The number of rotatable bonds is 2. The van der Waals surface area contributed by atoms with E-state index in [0.29, 0.717) is 23.0 Å². The lowest BCUT2D eigenvalue weighted by Crippen LogP contribution is -2.10. The first kappa shape index (κ1) is 10.8. The van der Waals surface area contributed by atoms with E-state index in [2.05, 4.69) is 25.3 Å². The van der Waals surface area contributed by atoms with Crippen LogP contribution in [0.2, 0.25) is 0 Å². The van der Waals surface area contributed by atoms with E-state index >= 15 is 0 Å². The normalized spacial score (nSPS) is 38.4. The highest BCUT2D eigenvalue weighted by Crippen LogP contribution is 2.49. The molecule has 0 aliphatic heterocycles. The molecule has 2 aliphatic rings. The van der Waals surface area contributed by atoms with E-state index in [1.54, 1.807) is 0 Å². The molecule has 0 aromatic heterocycles. The van der Waals surface area contributed by atoms with Crippen LogP contribution in [0.3, 0.4) is 0 Å². The molecule has 0 radical (unpaired) electrons. The molecular formula is C12H16O2S. The number of carbonyl (C=O) groups excluding carboxylic acids is 1. The minimum Gasteiger partial charge on any atom is -0.466 e. The first-order valence-electron chi connectivity index (χ1n) is 5.27. The van der Waals surface area contributed by atoms with Gasteiger partial charge in [-0.1, -0.05) is 12.2 Å². The third kappa shape index (κ3) is 1.73. The van der Waals surface area contributed by atoms with Crippen molar-refractivity contribution in [1.82, 2.24) is 0 Å². The molecule has 0 spiro atoms. The highest BCUT2D eigenvalue weighted by atomic mass is 32.1. The Morgan fingerprint density at radius 2 is 2.47 bits per heavy atom. The Hall–Kier alpha value is -0.700. The standard InChI is InChI=1S/C12H16O2S/c1-3-7-6-11(15)10-5-8(4-9(7)10)12(13)14-2/h3,5,7,9-11,15H,1,4,6H2,2H3. The zero-order valence-electron chi connectivity index (χ0n) is 8.85. The molecule has 4 unspecified atom stereocenters. The third-order valence-electron chi connectivity index (χ3n) is 3.60. The predicted octanol–water partition coefficient (Wildman–Crippen LogP) is 2.23. The highest BCUT2D eigenvalue weighted by molar-refractivity contribution is 7.81. The Labute approximate surface area is 95.8 Å². The van der Waals surface area contributed by atoms with Gasteiger partial charge in [0.1, 0.15) is 0 Å². The summed E-state index contributed by atoms with van der Waals surface area (Å²) < 4.78 is 4.75. The summed E-state index contributed by atoms with van der Waals surface area (Å²) in [4.78, 5) is 11.4. The third-order valence-corrected chi connectivity index (χ3v) is 4.16. The molecule has 3 heteroatoms. The summed E-state index contributed by atoms with van der Waals surface area (Å²) in [5.74, 6) is 1.24. The molecule has 2 nitrogen and oxygen atoms in total. The van der Waals surface area contributed by atoms with Crippen molar-refractivity contribution >= 4 is 18.6 Å². The van der Waals surface area contributed by atoms with Crippen molar-refractivity contribution in [2.75, 3.05) is 7.11 Å². The second-order valence-corrected chi connectivity index (χ2v) is 4.99. The van der Waals surface area contributed by atoms with Crippen molar-refractivity contribution in [3.05, 3.63) is 24.3 Å². The number of esters is 1. The van der Waals surface area contributed by atoms with Gasteiger partial charge in [0.15, 0.2) is 0 Å². The number of carbonyl (C=O) groups is 1. The molecule has 0 aromatic rings. The van der Waals surface area contributed by atoms with Crippen molar-refractivity contribution < 1.29 is 9.53 Å². The Morgan fingerprint density at radius 1 is 1.73 bits per heavy atom. The summed E-state index contributed by atoms with van der Waals surface area (Å²) in [6.07, 6.45) is 5.96. The molecule has 0 saturated heterocycles. The van der Waals surface area contributed by atoms with Gasteiger partial charge in [-0.25, -0.2) is 4.79 Å². The fourth-order valence-corrected chi connectivity index (χ4v) is 3.36. The summed E-state index contributed by atoms with van der Waals surface area (Å²) in [5, 5.41) is 0.361. The van der Waals surface area contributed by atoms with Gasteiger partial charge in [-0.15, -0.1) is 6.58 Å². The lowest BCUT2D eigenvalue weighted by Gasteiger charge is -2.14. The monoisotopic (exact) mass is 224 g/mol. The van der Waals surface area contributed by atoms with Crippen molar-refractivity contribution in [1.29, 1.82) is 0 Å². The maximum atomic E-state index is 11.4. The van der Waals surface area contributed by atoms with Crippen molar-refractivity contribution in [2.45, 2.75) is 18.1 Å². The van der Waals surface area contributed by atoms with Gasteiger partial charge in [0, 0.05) is 10.8 Å². The molecule has 0 heterocycles. The molecule has 82 valence electrons. The molecule has 0 bridgehead atoms. The van der Waals surface area contributed by atoms with Gasteiger partial charge in [-0.2, -0.15) is 12.6 Å². The van der Waals surface area contributed by atoms with Crippen LogP contribution < -0.4 is 0 Å².